The molecular weight excluding hydrogens is 641 g/mol. The highest BCUT2D eigenvalue weighted by Gasteiger charge is 2.24. The molecule has 0 spiro atoms. The Morgan fingerprint density at radius 3 is 2.53 bits per heavy atom. The summed E-state index contributed by atoms with van der Waals surface area (Å²) in [4.78, 5) is 30.4. The molecule has 0 saturated carbocycles. The van der Waals surface area contributed by atoms with E-state index in [1.54, 1.807) is 23.0 Å². The summed E-state index contributed by atoms with van der Waals surface area (Å²) >= 11 is 0. The number of hydrogen-bond donors (Lipinski definition) is 1. The first-order chi connectivity index (χ1) is 23.7. The number of benzene rings is 2. The number of morpholine rings is 1. The van der Waals surface area contributed by atoms with Crippen LogP contribution >= 0.6 is 0 Å². The molecule has 1 N–H and O–H groups in total. The SMILES string of the molecule is CN1CCOC(c2ccc(Nc3ncc4cc(C#CC5CCN(S(C)(=O)=O)CC5)c(=O)n(Cc5nccn5-c5ccccc5)c4n3)cc2)C1. The number of anilines is 2. The topological polar surface area (TPSA) is 127 Å². The zero-order chi connectivity index (χ0) is 34.0. The normalized spacial score (nSPS) is 17.9. The molecule has 0 amide bonds. The molecule has 2 aliphatic heterocycles. The predicted molar refractivity (Wildman–Crippen MR) is 188 cm³/mol. The minimum atomic E-state index is -3.24. The summed E-state index contributed by atoms with van der Waals surface area (Å²) in [5, 5.41) is 3.95. The maximum Gasteiger partial charge on any atom is 0.268 e. The van der Waals surface area contributed by atoms with Crippen molar-refractivity contribution < 1.29 is 13.2 Å². The molecule has 1 atom stereocenters. The number of likely N-dealkylation sites (N-methyl/N-ethyl adjacent to an activating group) is 1. The first-order valence-corrected chi connectivity index (χ1v) is 18.2. The summed E-state index contributed by atoms with van der Waals surface area (Å²) in [5.74, 6) is 7.36. The van der Waals surface area contributed by atoms with Gasteiger partial charge in [0.15, 0.2) is 0 Å². The Hall–Kier alpha value is -4.87. The van der Waals surface area contributed by atoms with Crippen LogP contribution in [0.4, 0.5) is 11.6 Å². The monoisotopic (exact) mass is 678 g/mol. The third-order valence-corrected chi connectivity index (χ3v) is 10.3. The van der Waals surface area contributed by atoms with Crippen molar-refractivity contribution in [2.75, 3.05) is 51.4 Å². The predicted octanol–water partition coefficient (Wildman–Crippen LogP) is 3.80. The van der Waals surface area contributed by atoms with Gasteiger partial charge in [-0.15, -0.1) is 0 Å². The Morgan fingerprint density at radius 2 is 1.80 bits per heavy atom. The van der Waals surface area contributed by atoms with Crippen molar-refractivity contribution in [3.63, 3.8) is 0 Å². The summed E-state index contributed by atoms with van der Waals surface area (Å²) in [6.45, 7) is 3.46. The molecule has 252 valence electrons. The number of para-hydroxylation sites is 1. The van der Waals surface area contributed by atoms with E-state index in [1.807, 2.05) is 65.4 Å². The largest absolute Gasteiger partial charge is 0.371 e. The van der Waals surface area contributed by atoms with Crippen molar-refractivity contribution in [3.05, 3.63) is 107 Å². The Morgan fingerprint density at radius 1 is 1.02 bits per heavy atom. The maximum absolute atomic E-state index is 14.1. The van der Waals surface area contributed by atoms with Gasteiger partial charge in [0.1, 0.15) is 11.5 Å². The summed E-state index contributed by atoms with van der Waals surface area (Å²) in [6.07, 6.45) is 7.75. The van der Waals surface area contributed by atoms with Crippen molar-refractivity contribution in [3.8, 4) is 17.5 Å². The van der Waals surface area contributed by atoms with Gasteiger partial charge in [0.2, 0.25) is 16.0 Å². The second-order valence-corrected chi connectivity index (χ2v) is 14.5. The number of aromatic nitrogens is 5. The fourth-order valence-corrected chi connectivity index (χ4v) is 7.15. The van der Waals surface area contributed by atoms with E-state index in [-0.39, 0.29) is 24.1 Å². The number of nitrogens with zero attached hydrogens (tertiary/aromatic N) is 7. The molecule has 12 nitrogen and oxygen atoms in total. The Bertz CT molecular complexity index is 2180. The van der Waals surface area contributed by atoms with Crippen molar-refractivity contribution in [2.24, 2.45) is 5.92 Å². The van der Waals surface area contributed by atoms with E-state index in [4.69, 9.17) is 9.72 Å². The highest BCUT2D eigenvalue weighted by atomic mass is 32.2. The smallest absolute Gasteiger partial charge is 0.268 e. The molecular formula is C36H38N8O4S. The summed E-state index contributed by atoms with van der Waals surface area (Å²) in [5.41, 5.74) is 3.33. The van der Waals surface area contributed by atoms with Gasteiger partial charge in [0.05, 0.1) is 31.1 Å². The van der Waals surface area contributed by atoms with Crippen LogP contribution in [0.2, 0.25) is 0 Å². The van der Waals surface area contributed by atoms with E-state index in [2.05, 4.69) is 39.1 Å². The van der Waals surface area contributed by atoms with Crippen LogP contribution in [0.1, 0.15) is 35.9 Å². The van der Waals surface area contributed by atoms with Crippen LogP contribution in [-0.2, 0) is 21.3 Å². The van der Waals surface area contributed by atoms with Gasteiger partial charge in [0.25, 0.3) is 5.56 Å². The Kier molecular flexibility index (Phi) is 9.29. The molecule has 0 aliphatic carbocycles. The van der Waals surface area contributed by atoms with Gasteiger partial charge in [-0.3, -0.25) is 9.36 Å². The minimum absolute atomic E-state index is 0.0154. The molecule has 2 saturated heterocycles. The van der Waals surface area contributed by atoms with Crippen LogP contribution in [0.5, 0.6) is 0 Å². The third-order valence-electron chi connectivity index (χ3n) is 9.02. The lowest BCUT2D eigenvalue weighted by molar-refractivity contribution is -0.0208. The van der Waals surface area contributed by atoms with Crippen LogP contribution in [0.15, 0.2) is 84.0 Å². The summed E-state index contributed by atoms with van der Waals surface area (Å²) in [6, 6.07) is 19.6. The number of imidazole rings is 1. The van der Waals surface area contributed by atoms with Gasteiger partial charge in [-0.2, -0.15) is 4.98 Å². The Labute approximate surface area is 285 Å². The number of rotatable bonds is 7. The lowest BCUT2D eigenvalue weighted by Gasteiger charge is -2.30. The van der Waals surface area contributed by atoms with E-state index < -0.39 is 10.0 Å². The molecule has 7 rings (SSSR count). The first kappa shape index (κ1) is 32.7. The van der Waals surface area contributed by atoms with Crippen LogP contribution in [0.3, 0.4) is 0 Å². The van der Waals surface area contributed by atoms with Gasteiger partial charge < -0.3 is 19.5 Å². The number of fused-ring (bicyclic) bond motifs is 1. The van der Waals surface area contributed by atoms with Gasteiger partial charge in [-0.25, -0.2) is 22.7 Å². The molecule has 13 heteroatoms. The average molecular weight is 679 g/mol. The van der Waals surface area contributed by atoms with Crippen molar-refractivity contribution in [1.29, 1.82) is 0 Å². The molecule has 2 aliphatic rings. The molecule has 0 bridgehead atoms. The van der Waals surface area contributed by atoms with E-state index in [9.17, 15) is 13.2 Å². The van der Waals surface area contributed by atoms with E-state index in [0.717, 1.165) is 30.0 Å². The molecule has 49 heavy (non-hydrogen) atoms. The average Bonchev–Trinajstić information content (AvgIpc) is 3.58. The van der Waals surface area contributed by atoms with E-state index in [0.29, 0.717) is 60.9 Å². The zero-order valence-corrected chi connectivity index (χ0v) is 28.3. The number of sulfonamides is 1. The molecule has 5 heterocycles. The molecule has 2 aromatic carbocycles. The third kappa shape index (κ3) is 7.42. The number of piperidine rings is 1. The van der Waals surface area contributed by atoms with Crippen molar-refractivity contribution in [1.82, 2.24) is 33.3 Å². The van der Waals surface area contributed by atoms with E-state index >= 15 is 0 Å². The second-order valence-electron chi connectivity index (χ2n) is 12.5. The lowest BCUT2D eigenvalue weighted by Crippen LogP contribution is -2.37. The van der Waals surface area contributed by atoms with Gasteiger partial charge in [-0.1, -0.05) is 42.2 Å². The Balaban J connectivity index is 1.21. The van der Waals surface area contributed by atoms with Crippen LogP contribution < -0.4 is 10.9 Å². The van der Waals surface area contributed by atoms with Crippen molar-refractivity contribution in [2.45, 2.75) is 25.5 Å². The molecule has 2 fully saturated rings. The van der Waals surface area contributed by atoms with Crippen LogP contribution in [0.25, 0.3) is 16.7 Å². The summed E-state index contributed by atoms with van der Waals surface area (Å²) < 4.78 is 34.9. The second kappa shape index (κ2) is 13.9. The molecule has 0 radical (unpaired) electrons. The number of pyridine rings is 1. The highest BCUT2D eigenvalue weighted by molar-refractivity contribution is 7.88. The van der Waals surface area contributed by atoms with Crippen LogP contribution in [-0.4, -0.2) is 87.8 Å². The minimum Gasteiger partial charge on any atom is -0.371 e. The van der Waals surface area contributed by atoms with Crippen molar-refractivity contribution >= 4 is 32.7 Å². The molecule has 3 aromatic heterocycles. The fourth-order valence-electron chi connectivity index (χ4n) is 6.27. The lowest BCUT2D eigenvalue weighted by atomic mass is 9.98. The van der Waals surface area contributed by atoms with Crippen LogP contribution in [0, 0.1) is 17.8 Å². The highest BCUT2D eigenvalue weighted by Crippen LogP contribution is 2.25. The number of nitrogens with one attached hydrogen (secondary N) is 1. The zero-order valence-electron chi connectivity index (χ0n) is 27.5. The maximum atomic E-state index is 14.1. The molecule has 1 unspecified atom stereocenters. The fraction of sp³-hybridized carbons (Fsp3) is 0.333. The number of ether oxygens (including phenoxy) is 1. The molecule has 5 aromatic rings. The number of hydrogen-bond acceptors (Lipinski definition) is 9. The van der Waals surface area contributed by atoms with Gasteiger partial charge in [0, 0.05) is 67.4 Å². The van der Waals surface area contributed by atoms with Gasteiger partial charge in [-0.05, 0) is 55.8 Å². The quantitative estimate of drug-likeness (QED) is 0.256. The van der Waals surface area contributed by atoms with Gasteiger partial charge >= 0.3 is 0 Å². The standard InChI is InChI=1S/C36H38N8O4S/c1-41-20-21-48-32(24-41)27-10-12-30(13-11-27)39-36-38-23-29-22-28(9-8-26-14-17-42(18-15-26)49(2,46)47)35(45)44(34(29)40-36)25-33-37-16-19-43(33)31-6-4-3-5-7-31/h3-7,10-13,16,19,22-23,26,32H,14-15,17-18,20-21,24-25H2,1-2H3,(H,38,39,40). The summed E-state index contributed by atoms with van der Waals surface area (Å²) in [7, 11) is -1.14. The first-order valence-electron chi connectivity index (χ1n) is 16.3. The van der Waals surface area contributed by atoms with E-state index in [1.165, 1.54) is 10.6 Å².